The van der Waals surface area contributed by atoms with Crippen LogP contribution in [0.4, 0.5) is 0 Å². The molecule has 0 aliphatic rings. The van der Waals surface area contributed by atoms with Gasteiger partial charge in [-0.3, -0.25) is 4.79 Å². The van der Waals surface area contributed by atoms with E-state index in [4.69, 9.17) is 5.73 Å². The van der Waals surface area contributed by atoms with E-state index in [-0.39, 0.29) is 5.69 Å². The van der Waals surface area contributed by atoms with Gasteiger partial charge in [0.25, 0.3) is 5.91 Å². The fourth-order valence-electron chi connectivity index (χ4n) is 0.436. The molecule has 72 valence electrons. The summed E-state index contributed by atoms with van der Waals surface area (Å²) >= 11 is 0. The average Bonchev–Trinajstić information content (AvgIpc) is 2.05. The van der Waals surface area contributed by atoms with Crippen molar-refractivity contribution in [2.75, 3.05) is 21.1 Å². The molecule has 1 heterocycles. The van der Waals surface area contributed by atoms with Gasteiger partial charge in [0, 0.05) is 6.20 Å². The van der Waals surface area contributed by atoms with E-state index < -0.39 is 5.91 Å². The molecule has 0 spiro atoms. The van der Waals surface area contributed by atoms with Gasteiger partial charge in [-0.15, -0.1) is 0 Å². The number of nitrogens with two attached hydrogens (primary N) is 1. The van der Waals surface area contributed by atoms with Gasteiger partial charge in [0.15, 0.2) is 0 Å². The predicted molar refractivity (Wildman–Crippen MR) is 50.2 cm³/mol. The Kier molecular flexibility index (Phi) is 5.38. The van der Waals surface area contributed by atoms with E-state index in [1.807, 2.05) is 26.0 Å². The van der Waals surface area contributed by atoms with Crippen molar-refractivity contribution in [1.82, 2.24) is 14.9 Å². The summed E-state index contributed by atoms with van der Waals surface area (Å²) in [6, 6.07) is 1.46. The molecule has 0 saturated carbocycles. The van der Waals surface area contributed by atoms with Crippen LogP contribution in [0.15, 0.2) is 18.6 Å². The second-order valence-corrected chi connectivity index (χ2v) is 2.80. The molecule has 0 bridgehead atoms. The van der Waals surface area contributed by atoms with Crippen LogP contribution in [0.2, 0.25) is 0 Å². The maximum atomic E-state index is 10.3. The first-order chi connectivity index (χ1) is 6.04. The van der Waals surface area contributed by atoms with Gasteiger partial charge in [-0.1, -0.05) is 0 Å². The van der Waals surface area contributed by atoms with Gasteiger partial charge >= 0.3 is 0 Å². The van der Waals surface area contributed by atoms with E-state index in [9.17, 15) is 4.79 Å². The van der Waals surface area contributed by atoms with Gasteiger partial charge in [0.05, 0.1) is 0 Å². The minimum absolute atomic E-state index is 0.241. The van der Waals surface area contributed by atoms with Crippen molar-refractivity contribution >= 4 is 5.91 Å². The molecule has 0 fully saturated rings. The van der Waals surface area contributed by atoms with Crippen molar-refractivity contribution in [3.63, 3.8) is 0 Å². The molecule has 5 heteroatoms. The van der Waals surface area contributed by atoms with E-state index in [1.54, 1.807) is 0 Å². The van der Waals surface area contributed by atoms with Crippen LogP contribution >= 0.6 is 0 Å². The van der Waals surface area contributed by atoms with Gasteiger partial charge in [0.2, 0.25) is 0 Å². The predicted octanol–water partition coefficient (Wildman–Crippen LogP) is -0.247. The minimum atomic E-state index is -0.530. The number of hydrogen-bond donors (Lipinski definition) is 1. The third-order valence-electron chi connectivity index (χ3n) is 0.834. The second-order valence-electron chi connectivity index (χ2n) is 2.80. The summed E-state index contributed by atoms with van der Waals surface area (Å²) in [5.74, 6) is -0.530. The van der Waals surface area contributed by atoms with Gasteiger partial charge < -0.3 is 10.6 Å². The fraction of sp³-hybridized carbons (Fsp3) is 0.375. The highest BCUT2D eigenvalue weighted by Gasteiger charge is 1.96. The number of hydrogen-bond acceptors (Lipinski definition) is 4. The molecule has 0 radical (unpaired) electrons. The summed E-state index contributed by atoms with van der Waals surface area (Å²) in [5.41, 5.74) is 5.13. The third-order valence-corrected chi connectivity index (χ3v) is 0.834. The van der Waals surface area contributed by atoms with Crippen LogP contribution in [0.5, 0.6) is 0 Å². The number of carbonyl (C=O) groups excluding carboxylic acids is 1. The summed E-state index contributed by atoms with van der Waals surface area (Å²) in [4.78, 5) is 19.5. The molecule has 1 aromatic heterocycles. The molecule has 0 saturated heterocycles. The molecule has 1 rings (SSSR count). The van der Waals surface area contributed by atoms with Crippen molar-refractivity contribution < 1.29 is 4.79 Å². The molecule has 0 aliphatic carbocycles. The van der Waals surface area contributed by atoms with Crippen LogP contribution in [0.3, 0.4) is 0 Å². The molecule has 0 unspecified atom stereocenters. The quantitative estimate of drug-likeness (QED) is 0.650. The van der Waals surface area contributed by atoms with E-state index in [0.717, 1.165) is 0 Å². The number of primary amides is 1. The van der Waals surface area contributed by atoms with E-state index >= 15 is 0 Å². The Balaban J connectivity index is 0.000000310. The Bertz CT molecular complexity index is 245. The summed E-state index contributed by atoms with van der Waals surface area (Å²) < 4.78 is 0. The summed E-state index contributed by atoms with van der Waals surface area (Å²) in [7, 11) is 6.00. The standard InChI is InChI=1S/C5H5N3O.C3H9N/c6-5(9)4-1-2-7-3-8-4;1-4(2)3/h1-3H,(H2,6,9);1-3H3. The normalized spacial score (nSPS) is 8.92. The highest BCUT2D eigenvalue weighted by Crippen LogP contribution is 1.85. The number of nitrogens with zero attached hydrogens (tertiary/aromatic N) is 3. The molecule has 2 N–H and O–H groups in total. The fourth-order valence-corrected chi connectivity index (χ4v) is 0.436. The van der Waals surface area contributed by atoms with E-state index in [2.05, 4.69) is 9.97 Å². The van der Waals surface area contributed by atoms with Crippen molar-refractivity contribution in [1.29, 1.82) is 0 Å². The average molecular weight is 182 g/mol. The van der Waals surface area contributed by atoms with Crippen LogP contribution in [-0.2, 0) is 0 Å². The molecule has 0 aromatic carbocycles. The summed E-state index contributed by atoms with van der Waals surface area (Å²) in [5, 5.41) is 0. The Labute approximate surface area is 77.6 Å². The number of rotatable bonds is 1. The Morgan fingerprint density at radius 1 is 1.46 bits per heavy atom. The Morgan fingerprint density at radius 2 is 2.00 bits per heavy atom. The van der Waals surface area contributed by atoms with Crippen molar-refractivity contribution in [2.45, 2.75) is 0 Å². The first kappa shape index (κ1) is 11.5. The molecule has 0 atom stereocenters. The maximum absolute atomic E-state index is 10.3. The SMILES string of the molecule is CN(C)C.NC(=O)c1ccncn1. The van der Waals surface area contributed by atoms with Crippen LogP contribution in [0.1, 0.15) is 10.5 Å². The molecule has 1 amide bonds. The molecular formula is C8H14N4O. The zero-order valence-corrected chi connectivity index (χ0v) is 8.06. The first-order valence-electron chi connectivity index (χ1n) is 3.70. The molecule has 1 aromatic rings. The van der Waals surface area contributed by atoms with Gasteiger partial charge in [-0.05, 0) is 27.2 Å². The van der Waals surface area contributed by atoms with Gasteiger partial charge in [-0.2, -0.15) is 0 Å². The zero-order valence-electron chi connectivity index (χ0n) is 8.06. The zero-order chi connectivity index (χ0) is 10.3. The first-order valence-corrected chi connectivity index (χ1v) is 3.70. The lowest BCUT2D eigenvalue weighted by Crippen LogP contribution is -2.12. The highest BCUT2D eigenvalue weighted by molar-refractivity contribution is 5.90. The van der Waals surface area contributed by atoms with Crippen molar-refractivity contribution in [2.24, 2.45) is 5.73 Å². The van der Waals surface area contributed by atoms with Gasteiger partial charge in [-0.25, -0.2) is 9.97 Å². The van der Waals surface area contributed by atoms with Crippen LogP contribution in [-0.4, -0.2) is 41.9 Å². The summed E-state index contributed by atoms with van der Waals surface area (Å²) in [6.07, 6.45) is 2.74. The van der Waals surface area contributed by atoms with Crippen LogP contribution in [0, 0.1) is 0 Å². The Hall–Kier alpha value is -1.49. The number of aromatic nitrogens is 2. The van der Waals surface area contributed by atoms with E-state index in [0.29, 0.717) is 0 Å². The number of carbonyl (C=O) groups is 1. The van der Waals surface area contributed by atoms with Crippen LogP contribution < -0.4 is 5.73 Å². The monoisotopic (exact) mass is 182 g/mol. The topological polar surface area (TPSA) is 72.1 Å². The smallest absolute Gasteiger partial charge is 0.267 e. The molecule has 13 heavy (non-hydrogen) atoms. The van der Waals surface area contributed by atoms with E-state index in [1.165, 1.54) is 18.6 Å². The largest absolute Gasteiger partial charge is 0.364 e. The van der Waals surface area contributed by atoms with Crippen LogP contribution in [0.25, 0.3) is 0 Å². The Morgan fingerprint density at radius 3 is 2.23 bits per heavy atom. The lowest BCUT2D eigenvalue weighted by molar-refractivity contribution is 0.0995. The highest BCUT2D eigenvalue weighted by atomic mass is 16.1. The van der Waals surface area contributed by atoms with Crippen molar-refractivity contribution in [3.8, 4) is 0 Å². The summed E-state index contributed by atoms with van der Waals surface area (Å²) in [6.45, 7) is 0. The molecule has 0 aliphatic heterocycles. The second kappa shape index (κ2) is 6.07. The third kappa shape index (κ3) is 6.89. The number of amides is 1. The minimum Gasteiger partial charge on any atom is -0.364 e. The molecular weight excluding hydrogens is 168 g/mol. The van der Waals surface area contributed by atoms with Crippen molar-refractivity contribution in [3.05, 3.63) is 24.3 Å². The lowest BCUT2D eigenvalue weighted by Gasteiger charge is -1.90. The van der Waals surface area contributed by atoms with Gasteiger partial charge in [0.1, 0.15) is 12.0 Å². The maximum Gasteiger partial charge on any atom is 0.267 e. The molecule has 5 nitrogen and oxygen atoms in total. The lowest BCUT2D eigenvalue weighted by atomic mass is 10.4.